The van der Waals surface area contributed by atoms with E-state index >= 15 is 0 Å². The Bertz CT molecular complexity index is 1040. The second-order valence-corrected chi connectivity index (χ2v) is 10.1. The molecule has 3 atom stereocenters. The van der Waals surface area contributed by atoms with Gasteiger partial charge in [0.2, 0.25) is 5.91 Å². The number of nitrogens with one attached hydrogen (secondary N) is 1. The fraction of sp³-hybridized carbons (Fsp3) is 0.429. The number of aromatic nitrogens is 4. The standard InChI is InChI=1S/C14H14N8O5S3/c1-6-17-18-14(30(6)27)29-4-7-3-28-12-9(11(24)22(12)10(7)13(25)26)16-8(23)2-21-5-15-19-20-21/h5,9,12H,2-4H2,1H3,(H,16,23)(H,25,26). The largest absolute Gasteiger partial charge is 0.477 e. The molecule has 2 amide bonds. The minimum Gasteiger partial charge on any atom is -0.477 e. The maximum atomic E-state index is 12.6. The Morgan fingerprint density at radius 1 is 1.43 bits per heavy atom. The molecule has 1 fully saturated rings. The number of carbonyl (C=O) groups excluding carboxylic acids is 2. The normalized spacial score (nSPS) is 25.4. The van der Waals surface area contributed by atoms with Crippen LogP contribution in [0.25, 0.3) is 0 Å². The highest BCUT2D eigenvalue weighted by Crippen LogP contribution is 2.41. The summed E-state index contributed by atoms with van der Waals surface area (Å²) in [6, 6.07) is -0.828. The van der Waals surface area contributed by atoms with E-state index < -0.39 is 40.0 Å². The molecule has 158 valence electrons. The zero-order valence-corrected chi connectivity index (χ0v) is 17.7. The highest BCUT2D eigenvalue weighted by atomic mass is 32.2. The number of aliphatic carboxylic acids is 1. The molecule has 1 saturated heterocycles. The lowest BCUT2D eigenvalue weighted by atomic mass is 10.0. The number of carboxylic acids is 1. The molecule has 2 N–H and O–H groups in total. The van der Waals surface area contributed by atoms with Crippen molar-refractivity contribution in [2.75, 3.05) is 11.5 Å². The van der Waals surface area contributed by atoms with Crippen molar-refractivity contribution in [2.24, 2.45) is 10.2 Å². The Hall–Kier alpha value is -2.59. The summed E-state index contributed by atoms with van der Waals surface area (Å²) in [5.41, 5.74) is 0.411. The third kappa shape index (κ3) is 3.77. The van der Waals surface area contributed by atoms with Crippen LogP contribution in [-0.2, 0) is 31.7 Å². The second kappa shape index (κ2) is 8.27. The molecule has 1 aromatic heterocycles. The molecule has 4 rings (SSSR count). The van der Waals surface area contributed by atoms with Crippen molar-refractivity contribution in [1.82, 2.24) is 30.4 Å². The average Bonchev–Trinajstić information content (AvgIpc) is 3.34. The number of hydrogen-bond acceptors (Lipinski definition) is 11. The summed E-state index contributed by atoms with van der Waals surface area (Å²) in [5.74, 6) is -1.63. The van der Waals surface area contributed by atoms with Gasteiger partial charge >= 0.3 is 5.97 Å². The van der Waals surface area contributed by atoms with Crippen LogP contribution in [0.15, 0.2) is 27.8 Å². The number of amides is 2. The van der Waals surface area contributed by atoms with Crippen molar-refractivity contribution in [3.63, 3.8) is 0 Å². The van der Waals surface area contributed by atoms with Crippen LogP contribution >= 0.6 is 23.5 Å². The van der Waals surface area contributed by atoms with Crippen LogP contribution in [0.2, 0.25) is 0 Å². The fourth-order valence-corrected chi connectivity index (χ4v) is 6.52. The van der Waals surface area contributed by atoms with E-state index in [2.05, 4.69) is 31.0 Å². The Morgan fingerprint density at radius 3 is 2.87 bits per heavy atom. The molecule has 0 radical (unpaired) electrons. The molecule has 30 heavy (non-hydrogen) atoms. The first-order valence-corrected chi connectivity index (χ1v) is 11.6. The molecule has 0 saturated carbocycles. The molecule has 4 heterocycles. The number of thioether (sulfide) groups is 2. The van der Waals surface area contributed by atoms with Crippen molar-refractivity contribution in [2.45, 2.75) is 24.9 Å². The quantitative estimate of drug-likeness (QED) is 0.471. The molecule has 3 unspecified atom stereocenters. The monoisotopic (exact) mass is 470 g/mol. The minimum atomic E-state index is -1.42. The summed E-state index contributed by atoms with van der Waals surface area (Å²) in [6.45, 7) is 1.45. The zero-order chi connectivity index (χ0) is 21.4. The maximum Gasteiger partial charge on any atom is 0.352 e. The molecule has 0 aliphatic carbocycles. The third-order valence-electron chi connectivity index (χ3n) is 4.33. The molecule has 3 aliphatic rings. The predicted molar refractivity (Wildman–Crippen MR) is 109 cm³/mol. The van der Waals surface area contributed by atoms with Gasteiger partial charge in [0, 0.05) is 11.5 Å². The van der Waals surface area contributed by atoms with E-state index in [9.17, 15) is 23.7 Å². The zero-order valence-electron chi connectivity index (χ0n) is 15.3. The summed E-state index contributed by atoms with van der Waals surface area (Å²) in [4.78, 5) is 37.8. The highest BCUT2D eigenvalue weighted by molar-refractivity contribution is 8.38. The van der Waals surface area contributed by atoms with E-state index in [-0.39, 0.29) is 18.0 Å². The molecular weight excluding hydrogens is 456 g/mol. The number of tetrazole rings is 1. The van der Waals surface area contributed by atoms with E-state index in [1.165, 1.54) is 27.7 Å². The third-order valence-corrected chi connectivity index (χ3v) is 8.32. The fourth-order valence-electron chi connectivity index (χ4n) is 2.96. The number of β-lactam (4-membered cyclic amide) rings is 1. The number of hydrogen-bond donors (Lipinski definition) is 2. The van der Waals surface area contributed by atoms with Crippen LogP contribution in [0.5, 0.6) is 0 Å². The summed E-state index contributed by atoms with van der Waals surface area (Å²) in [6.07, 6.45) is 1.27. The Labute approximate surface area is 179 Å². The van der Waals surface area contributed by atoms with Crippen molar-refractivity contribution in [3.8, 4) is 0 Å². The van der Waals surface area contributed by atoms with Crippen molar-refractivity contribution < 1.29 is 23.7 Å². The SMILES string of the molecule is CC1=NN=C(SCC2=C(C(=O)O)N3C(=O)C(NC(=O)Cn4cnnn4)C3SC2)S1=O. The molecular formula is C14H14N8O5S3. The van der Waals surface area contributed by atoms with Gasteiger partial charge in [0.05, 0.1) is 0 Å². The molecule has 0 aromatic carbocycles. The molecule has 16 heteroatoms. The molecule has 1 aromatic rings. The number of carboxylic acid groups (broad SMARTS) is 1. The van der Waals surface area contributed by atoms with Crippen molar-refractivity contribution >= 4 is 61.5 Å². The van der Waals surface area contributed by atoms with Gasteiger partial charge in [-0.1, -0.05) is 11.8 Å². The number of rotatable bonds is 6. The van der Waals surface area contributed by atoms with E-state index in [1.807, 2.05) is 0 Å². The topological polar surface area (TPSA) is 172 Å². The van der Waals surface area contributed by atoms with Crippen LogP contribution in [0.4, 0.5) is 0 Å². The lowest BCUT2D eigenvalue weighted by molar-refractivity contribution is -0.150. The van der Waals surface area contributed by atoms with Crippen LogP contribution in [0.1, 0.15) is 6.92 Å². The van der Waals surface area contributed by atoms with Gasteiger partial charge in [-0.3, -0.25) is 14.5 Å². The lowest BCUT2D eigenvalue weighted by Gasteiger charge is -2.49. The summed E-state index contributed by atoms with van der Waals surface area (Å²) in [7, 11) is -1.42. The van der Waals surface area contributed by atoms with Gasteiger partial charge in [0.25, 0.3) is 5.91 Å². The van der Waals surface area contributed by atoms with E-state index in [0.29, 0.717) is 20.7 Å². The molecule has 0 bridgehead atoms. The Kier molecular flexibility index (Phi) is 5.70. The number of fused-ring (bicyclic) bond motifs is 1. The first-order valence-electron chi connectivity index (χ1n) is 8.43. The minimum absolute atomic E-state index is 0.107. The van der Waals surface area contributed by atoms with Gasteiger partial charge < -0.3 is 10.4 Å². The van der Waals surface area contributed by atoms with Crippen LogP contribution in [0, 0.1) is 0 Å². The van der Waals surface area contributed by atoms with E-state index in [4.69, 9.17) is 0 Å². The van der Waals surface area contributed by atoms with Crippen molar-refractivity contribution in [1.29, 1.82) is 0 Å². The van der Waals surface area contributed by atoms with Gasteiger partial charge in [0.15, 0.2) is 4.38 Å². The Morgan fingerprint density at radius 2 is 2.23 bits per heavy atom. The van der Waals surface area contributed by atoms with Gasteiger partial charge in [-0.05, 0) is 22.9 Å². The summed E-state index contributed by atoms with van der Waals surface area (Å²) < 4.78 is 13.5. The van der Waals surface area contributed by atoms with E-state index in [0.717, 1.165) is 11.8 Å². The number of nitrogens with zero attached hydrogens (tertiary/aromatic N) is 7. The Balaban J connectivity index is 1.43. The van der Waals surface area contributed by atoms with Gasteiger partial charge in [-0.25, -0.2) is 13.7 Å². The second-order valence-electron chi connectivity index (χ2n) is 6.26. The molecule has 3 aliphatic heterocycles. The smallest absolute Gasteiger partial charge is 0.352 e. The predicted octanol–water partition coefficient (Wildman–Crippen LogP) is -1.40. The van der Waals surface area contributed by atoms with Crippen molar-refractivity contribution in [3.05, 3.63) is 17.6 Å². The van der Waals surface area contributed by atoms with Crippen LogP contribution in [0.3, 0.4) is 0 Å². The van der Waals surface area contributed by atoms with Gasteiger partial charge in [-0.2, -0.15) is 0 Å². The first-order chi connectivity index (χ1) is 14.4. The highest BCUT2D eigenvalue weighted by Gasteiger charge is 2.54. The number of carbonyl (C=O) groups is 3. The van der Waals surface area contributed by atoms with Gasteiger partial charge in [0.1, 0.15) is 45.8 Å². The maximum absolute atomic E-state index is 12.6. The average molecular weight is 471 g/mol. The molecule has 13 nitrogen and oxygen atoms in total. The summed E-state index contributed by atoms with van der Waals surface area (Å²) >= 11 is 2.49. The first kappa shape index (κ1) is 20.7. The van der Waals surface area contributed by atoms with E-state index in [1.54, 1.807) is 6.92 Å². The molecule has 0 spiro atoms. The van der Waals surface area contributed by atoms with Gasteiger partial charge in [-0.15, -0.1) is 27.1 Å². The van der Waals surface area contributed by atoms with Crippen LogP contribution < -0.4 is 5.32 Å². The lowest BCUT2D eigenvalue weighted by Crippen LogP contribution is -2.70. The van der Waals surface area contributed by atoms with Crippen LogP contribution in [-0.4, -0.2) is 84.5 Å². The summed E-state index contributed by atoms with van der Waals surface area (Å²) in [5, 5.41) is 30.2.